The molecule has 1 aromatic rings. The molecule has 0 spiro atoms. The maximum atomic E-state index is 12.2. The number of rotatable bonds is 7. The van der Waals surface area contributed by atoms with Gasteiger partial charge in [0.05, 0.1) is 22.3 Å². The summed E-state index contributed by atoms with van der Waals surface area (Å²) in [5, 5.41) is 2.61. The van der Waals surface area contributed by atoms with Gasteiger partial charge in [0.15, 0.2) is 9.84 Å². The Balaban J connectivity index is 2.06. The minimum Gasteiger partial charge on any atom is -0.326 e. The number of carbonyl (C=O) groups excluding carboxylic acids is 1. The second kappa shape index (κ2) is 7.62. The van der Waals surface area contributed by atoms with E-state index in [0.29, 0.717) is 18.7 Å². The normalized spacial score (nSPS) is 20.0. The van der Waals surface area contributed by atoms with Crippen LogP contribution in [0.4, 0.5) is 5.69 Å². The van der Waals surface area contributed by atoms with Crippen LogP contribution in [0.25, 0.3) is 0 Å². The molecule has 2 rings (SSSR count). The standard InChI is InChI=1S/C15H22N2O5S2/c1-2-3-8-16-24(21,22)14-6-4-5-13(10-14)17-15(18)12-7-9-23(19,20)11-12/h4-6,10,12,16H,2-3,7-9,11H2,1H3,(H,17,18)/t12-/m1/s1. The zero-order valence-electron chi connectivity index (χ0n) is 13.5. The average Bonchev–Trinajstić information content (AvgIpc) is 2.88. The van der Waals surface area contributed by atoms with Gasteiger partial charge in [-0.2, -0.15) is 0 Å². The van der Waals surface area contributed by atoms with Gasteiger partial charge >= 0.3 is 0 Å². The molecule has 2 N–H and O–H groups in total. The highest BCUT2D eigenvalue weighted by Gasteiger charge is 2.33. The van der Waals surface area contributed by atoms with Crippen molar-refractivity contribution in [2.75, 3.05) is 23.4 Å². The molecule has 0 saturated carbocycles. The van der Waals surface area contributed by atoms with Gasteiger partial charge in [-0.1, -0.05) is 19.4 Å². The predicted molar refractivity (Wildman–Crippen MR) is 91.9 cm³/mol. The molecule has 0 aliphatic carbocycles. The van der Waals surface area contributed by atoms with Gasteiger partial charge in [-0.3, -0.25) is 4.79 Å². The monoisotopic (exact) mass is 374 g/mol. The van der Waals surface area contributed by atoms with Crippen molar-refractivity contribution in [3.63, 3.8) is 0 Å². The molecule has 1 aliphatic heterocycles. The fraction of sp³-hybridized carbons (Fsp3) is 0.533. The van der Waals surface area contributed by atoms with E-state index in [-0.39, 0.29) is 16.4 Å². The van der Waals surface area contributed by atoms with Crippen LogP contribution in [0, 0.1) is 5.92 Å². The van der Waals surface area contributed by atoms with Crippen LogP contribution in [0.15, 0.2) is 29.2 Å². The van der Waals surface area contributed by atoms with Gasteiger partial charge < -0.3 is 5.32 Å². The zero-order valence-corrected chi connectivity index (χ0v) is 15.1. The van der Waals surface area contributed by atoms with Gasteiger partial charge in [0.25, 0.3) is 0 Å². The van der Waals surface area contributed by atoms with E-state index >= 15 is 0 Å². The minimum atomic E-state index is -3.63. The zero-order chi connectivity index (χ0) is 17.8. The van der Waals surface area contributed by atoms with E-state index in [1.165, 1.54) is 18.2 Å². The molecule has 1 aliphatic rings. The molecular weight excluding hydrogens is 352 g/mol. The van der Waals surface area contributed by atoms with Crippen LogP contribution in [0.5, 0.6) is 0 Å². The number of sulfone groups is 1. The van der Waals surface area contributed by atoms with Crippen molar-refractivity contribution in [2.24, 2.45) is 5.92 Å². The number of hydrogen-bond donors (Lipinski definition) is 2. The topological polar surface area (TPSA) is 109 Å². The summed E-state index contributed by atoms with van der Waals surface area (Å²) < 4.78 is 49.8. The first-order chi connectivity index (χ1) is 11.2. The number of sulfonamides is 1. The van der Waals surface area contributed by atoms with E-state index < -0.39 is 31.7 Å². The molecule has 1 fully saturated rings. The Bertz CT molecular complexity index is 803. The van der Waals surface area contributed by atoms with Gasteiger partial charge in [0.1, 0.15) is 0 Å². The summed E-state index contributed by atoms with van der Waals surface area (Å²) in [6.07, 6.45) is 1.92. The van der Waals surface area contributed by atoms with Crippen molar-refractivity contribution in [3.8, 4) is 0 Å². The average molecular weight is 374 g/mol. The Hall–Kier alpha value is -1.45. The van der Waals surface area contributed by atoms with Gasteiger partial charge in [0.2, 0.25) is 15.9 Å². The van der Waals surface area contributed by atoms with E-state index in [2.05, 4.69) is 10.0 Å². The maximum Gasteiger partial charge on any atom is 0.240 e. The molecule has 9 heteroatoms. The molecule has 1 saturated heterocycles. The summed E-state index contributed by atoms with van der Waals surface area (Å²) in [6, 6.07) is 5.93. The van der Waals surface area contributed by atoms with Crippen molar-refractivity contribution < 1.29 is 21.6 Å². The second-order valence-electron chi connectivity index (χ2n) is 5.87. The Kier molecular flexibility index (Phi) is 6.00. The highest BCUT2D eigenvalue weighted by Crippen LogP contribution is 2.21. The molecule has 1 amide bonds. The number of anilines is 1. The lowest BCUT2D eigenvalue weighted by Crippen LogP contribution is -2.26. The largest absolute Gasteiger partial charge is 0.326 e. The smallest absolute Gasteiger partial charge is 0.240 e. The quantitative estimate of drug-likeness (QED) is 0.696. The molecule has 1 aromatic carbocycles. The van der Waals surface area contributed by atoms with Crippen LogP contribution >= 0.6 is 0 Å². The Labute approximate surface area is 142 Å². The lowest BCUT2D eigenvalue weighted by molar-refractivity contribution is -0.119. The molecule has 7 nitrogen and oxygen atoms in total. The maximum absolute atomic E-state index is 12.2. The van der Waals surface area contributed by atoms with Crippen LogP contribution in [-0.2, 0) is 24.7 Å². The van der Waals surface area contributed by atoms with Gasteiger partial charge in [-0.05, 0) is 31.0 Å². The molecule has 134 valence electrons. The summed E-state index contributed by atoms with van der Waals surface area (Å²) in [5.41, 5.74) is 0.336. The Morgan fingerprint density at radius 2 is 2.08 bits per heavy atom. The fourth-order valence-corrected chi connectivity index (χ4v) is 5.31. The lowest BCUT2D eigenvalue weighted by atomic mass is 10.1. The summed E-state index contributed by atoms with van der Waals surface area (Å²) in [7, 11) is -6.77. The summed E-state index contributed by atoms with van der Waals surface area (Å²) in [6.45, 7) is 2.32. The SMILES string of the molecule is CCCCNS(=O)(=O)c1cccc(NC(=O)[C@@H]2CCS(=O)(=O)C2)c1. The van der Waals surface area contributed by atoms with Crippen LogP contribution in [-0.4, -0.2) is 40.8 Å². The lowest BCUT2D eigenvalue weighted by Gasteiger charge is -2.11. The van der Waals surface area contributed by atoms with Crippen molar-refractivity contribution in [1.29, 1.82) is 0 Å². The van der Waals surface area contributed by atoms with Gasteiger partial charge in [-0.15, -0.1) is 0 Å². The van der Waals surface area contributed by atoms with Crippen molar-refractivity contribution in [3.05, 3.63) is 24.3 Å². The first-order valence-corrected chi connectivity index (χ1v) is 11.1. The van der Waals surface area contributed by atoms with Gasteiger partial charge in [-0.25, -0.2) is 21.6 Å². The molecule has 1 heterocycles. The molecule has 0 radical (unpaired) electrons. The minimum absolute atomic E-state index is 0.0147. The third-order valence-electron chi connectivity index (χ3n) is 3.84. The molecular formula is C15H22N2O5S2. The van der Waals surface area contributed by atoms with E-state index in [0.717, 1.165) is 12.8 Å². The highest BCUT2D eigenvalue weighted by molar-refractivity contribution is 7.91. The molecule has 0 bridgehead atoms. The number of unbranched alkanes of at least 4 members (excludes halogenated alkanes) is 1. The number of carbonyl (C=O) groups is 1. The third-order valence-corrected chi connectivity index (χ3v) is 7.06. The predicted octanol–water partition coefficient (Wildman–Crippen LogP) is 1.14. The van der Waals surface area contributed by atoms with E-state index in [1.54, 1.807) is 6.07 Å². The number of nitrogens with one attached hydrogen (secondary N) is 2. The summed E-state index contributed by atoms with van der Waals surface area (Å²) in [5.74, 6) is -1.13. The highest BCUT2D eigenvalue weighted by atomic mass is 32.2. The molecule has 0 aromatic heterocycles. The van der Waals surface area contributed by atoms with Crippen molar-refractivity contribution in [2.45, 2.75) is 31.1 Å². The number of hydrogen-bond acceptors (Lipinski definition) is 5. The first kappa shape index (κ1) is 18.9. The second-order valence-corrected chi connectivity index (χ2v) is 9.86. The third kappa shape index (κ3) is 5.02. The van der Waals surface area contributed by atoms with E-state index in [1.807, 2.05) is 6.92 Å². The van der Waals surface area contributed by atoms with E-state index in [4.69, 9.17) is 0 Å². The molecule has 1 atom stereocenters. The number of benzene rings is 1. The Morgan fingerprint density at radius 3 is 2.71 bits per heavy atom. The first-order valence-electron chi connectivity index (χ1n) is 7.84. The van der Waals surface area contributed by atoms with Crippen LogP contribution in [0.2, 0.25) is 0 Å². The van der Waals surface area contributed by atoms with Crippen molar-refractivity contribution in [1.82, 2.24) is 4.72 Å². The summed E-state index contributed by atoms with van der Waals surface area (Å²) >= 11 is 0. The molecule has 0 unspecified atom stereocenters. The van der Waals surface area contributed by atoms with Crippen LogP contribution < -0.4 is 10.0 Å². The number of amides is 1. The fourth-order valence-electron chi connectivity index (χ4n) is 2.45. The molecule has 24 heavy (non-hydrogen) atoms. The summed E-state index contributed by atoms with van der Waals surface area (Å²) in [4.78, 5) is 12.2. The van der Waals surface area contributed by atoms with Crippen molar-refractivity contribution >= 4 is 31.5 Å². The van der Waals surface area contributed by atoms with Crippen LogP contribution in [0.1, 0.15) is 26.2 Å². The Morgan fingerprint density at radius 1 is 1.33 bits per heavy atom. The van der Waals surface area contributed by atoms with E-state index in [9.17, 15) is 21.6 Å². The van der Waals surface area contributed by atoms with Crippen LogP contribution in [0.3, 0.4) is 0 Å². The van der Waals surface area contributed by atoms with Gasteiger partial charge in [0, 0.05) is 12.2 Å².